The molecule has 25 heavy (non-hydrogen) atoms. The molecule has 2 aliphatic rings. The molecule has 2 heterocycles. The molecule has 0 saturated carbocycles. The third-order valence-electron chi connectivity index (χ3n) is 4.32. The molecule has 0 aromatic heterocycles. The van der Waals surface area contributed by atoms with Gasteiger partial charge < -0.3 is 20.1 Å². The Hall–Kier alpha value is -1.05. The molecule has 1 amide bonds. The molecule has 0 aromatic rings. The van der Waals surface area contributed by atoms with Crippen LogP contribution < -0.4 is 5.32 Å². The van der Waals surface area contributed by atoms with Crippen molar-refractivity contribution in [2.45, 2.75) is 78.3 Å². The van der Waals surface area contributed by atoms with Crippen LogP contribution in [0.2, 0.25) is 0 Å². The molecule has 2 N–H and O–H groups in total. The average molecular weight is 370 g/mol. The molecule has 4 atom stereocenters. The van der Waals surface area contributed by atoms with Gasteiger partial charge in [0, 0.05) is 16.9 Å². The quantitative estimate of drug-likeness (QED) is 0.668. The van der Waals surface area contributed by atoms with Crippen LogP contribution in [0.3, 0.4) is 0 Å². The number of ether oxygens (including phenoxy) is 1. The largest absolute Gasteiger partial charge is 0.355 e. The number of aliphatic hydroxyl groups excluding tert-OH is 1. The first-order valence-corrected chi connectivity index (χ1v) is 9.27. The van der Waals surface area contributed by atoms with Gasteiger partial charge >= 0.3 is 0 Å². The van der Waals surface area contributed by atoms with Gasteiger partial charge in [0.05, 0.1) is 6.10 Å². The number of nitrogens with zero attached hydrogens (tertiary/aromatic N) is 2. The second-order valence-electron chi connectivity index (χ2n) is 8.84. The molecular weight excluding hydrogens is 338 g/mol. The lowest BCUT2D eigenvalue weighted by Gasteiger charge is -2.34. The summed E-state index contributed by atoms with van der Waals surface area (Å²) >= 11 is 4.52. The van der Waals surface area contributed by atoms with E-state index in [2.05, 4.69) is 43.7 Å². The second kappa shape index (κ2) is 7.29. The van der Waals surface area contributed by atoms with E-state index in [1.807, 2.05) is 20.8 Å². The lowest BCUT2D eigenvalue weighted by atomic mass is 9.75. The van der Waals surface area contributed by atoms with Crippen molar-refractivity contribution in [3.63, 3.8) is 0 Å². The van der Waals surface area contributed by atoms with E-state index in [0.29, 0.717) is 5.84 Å². The van der Waals surface area contributed by atoms with Crippen LogP contribution in [0, 0.1) is 10.8 Å². The summed E-state index contributed by atoms with van der Waals surface area (Å²) in [6.07, 6.45) is 3.61. The normalized spacial score (nSPS) is 30.4. The first kappa shape index (κ1) is 20.3. The summed E-state index contributed by atoms with van der Waals surface area (Å²) in [6, 6.07) is 0. The number of nitrogens with one attached hydrogen (secondary N) is 1. The maximum Gasteiger partial charge on any atom is 0.231 e. The number of amides is 1. The molecule has 0 radical (unpaired) electrons. The van der Waals surface area contributed by atoms with Gasteiger partial charge in [0.25, 0.3) is 0 Å². The topological polar surface area (TPSA) is 74.2 Å². The molecule has 1 fully saturated rings. The Kier molecular flexibility index (Phi) is 5.91. The van der Waals surface area contributed by atoms with Crippen molar-refractivity contribution >= 4 is 24.4 Å². The molecule has 0 spiro atoms. The number of hydrogen-bond donors (Lipinski definition) is 3. The standard InChI is InChI=1S/C18H31N3O3S/c1-11-9-12(25)14(24-11)21-8-7-13(20-16(21)23)19-15(22)18(5,6)10-17(2,3)4/h7-8,11-12,14,16,23,25H,9-10H2,1-6H3,(H,19,20,22)/t11-,12?,14?,16?/m1/s1. The molecule has 0 aliphatic carbocycles. The van der Waals surface area contributed by atoms with Gasteiger partial charge in [-0.1, -0.05) is 34.6 Å². The molecule has 6 nitrogen and oxygen atoms in total. The predicted molar refractivity (Wildman–Crippen MR) is 102 cm³/mol. The van der Waals surface area contributed by atoms with E-state index < -0.39 is 11.8 Å². The number of carbonyl (C=O) groups is 1. The Labute approximate surface area is 156 Å². The van der Waals surface area contributed by atoms with E-state index in [1.165, 1.54) is 0 Å². The van der Waals surface area contributed by atoms with E-state index in [9.17, 15) is 9.90 Å². The first-order valence-electron chi connectivity index (χ1n) is 8.75. The van der Waals surface area contributed by atoms with Gasteiger partial charge in [0.1, 0.15) is 12.1 Å². The zero-order valence-corrected chi connectivity index (χ0v) is 16.9. The minimum absolute atomic E-state index is 0.00589. The van der Waals surface area contributed by atoms with Crippen molar-refractivity contribution in [3.8, 4) is 0 Å². The van der Waals surface area contributed by atoms with Crippen molar-refractivity contribution in [2.75, 3.05) is 0 Å². The molecule has 0 bridgehead atoms. The third-order valence-corrected chi connectivity index (χ3v) is 4.79. The lowest BCUT2D eigenvalue weighted by Crippen LogP contribution is -2.47. The van der Waals surface area contributed by atoms with Crippen LogP contribution in [0.25, 0.3) is 0 Å². The van der Waals surface area contributed by atoms with Crippen LogP contribution in [-0.4, -0.2) is 45.7 Å². The van der Waals surface area contributed by atoms with Crippen LogP contribution in [0.15, 0.2) is 17.3 Å². The maximum absolute atomic E-state index is 12.6. The summed E-state index contributed by atoms with van der Waals surface area (Å²) in [4.78, 5) is 18.4. The molecule has 1 saturated heterocycles. The van der Waals surface area contributed by atoms with Gasteiger partial charge in [-0.2, -0.15) is 12.6 Å². The minimum atomic E-state index is -1.10. The van der Waals surface area contributed by atoms with Gasteiger partial charge in [-0.15, -0.1) is 0 Å². The van der Waals surface area contributed by atoms with Crippen molar-refractivity contribution in [2.24, 2.45) is 15.8 Å². The fourth-order valence-electron chi connectivity index (χ4n) is 3.56. The molecule has 142 valence electrons. The highest BCUT2D eigenvalue weighted by Gasteiger charge is 2.38. The first-order chi connectivity index (χ1) is 11.4. The zero-order valence-electron chi connectivity index (χ0n) is 16.0. The number of hydrogen-bond acceptors (Lipinski definition) is 6. The highest BCUT2D eigenvalue weighted by Crippen LogP contribution is 2.33. The average Bonchev–Trinajstić information content (AvgIpc) is 2.75. The monoisotopic (exact) mass is 369 g/mol. The second-order valence-corrected chi connectivity index (χ2v) is 9.50. The zero-order chi connectivity index (χ0) is 19.0. The van der Waals surface area contributed by atoms with Crippen LogP contribution in [0.4, 0.5) is 0 Å². The number of carbonyl (C=O) groups excluding carboxylic acids is 1. The van der Waals surface area contributed by atoms with Gasteiger partial charge in [-0.3, -0.25) is 4.79 Å². The minimum Gasteiger partial charge on any atom is -0.355 e. The summed E-state index contributed by atoms with van der Waals surface area (Å²) in [6.45, 7) is 12.1. The predicted octanol–water partition coefficient (Wildman–Crippen LogP) is 2.50. The van der Waals surface area contributed by atoms with Crippen molar-refractivity contribution in [1.82, 2.24) is 10.2 Å². The van der Waals surface area contributed by atoms with Gasteiger partial charge in [-0.25, -0.2) is 4.99 Å². The van der Waals surface area contributed by atoms with E-state index in [-0.39, 0.29) is 28.9 Å². The molecular formula is C18H31N3O3S. The maximum atomic E-state index is 12.6. The van der Waals surface area contributed by atoms with Crippen LogP contribution in [0.5, 0.6) is 0 Å². The van der Waals surface area contributed by atoms with Gasteiger partial charge in [-0.05, 0) is 31.3 Å². The van der Waals surface area contributed by atoms with Gasteiger partial charge in [0.2, 0.25) is 12.3 Å². The van der Waals surface area contributed by atoms with E-state index in [0.717, 1.165) is 12.8 Å². The fourth-order valence-corrected chi connectivity index (χ4v) is 4.08. The Morgan fingerprint density at radius 3 is 2.56 bits per heavy atom. The summed E-state index contributed by atoms with van der Waals surface area (Å²) in [7, 11) is 0. The van der Waals surface area contributed by atoms with Crippen molar-refractivity contribution in [3.05, 3.63) is 12.3 Å². The SMILES string of the molecule is C[C@@H]1CC(S)C(N2C=CC(NC(=O)C(C)(C)CC(C)(C)C)=NC2O)O1. The Balaban J connectivity index is 2.00. The summed E-state index contributed by atoms with van der Waals surface area (Å²) in [5, 5.41) is 13.2. The van der Waals surface area contributed by atoms with Crippen molar-refractivity contribution in [1.29, 1.82) is 0 Å². The molecule has 3 unspecified atom stereocenters. The smallest absolute Gasteiger partial charge is 0.231 e. The third kappa shape index (κ3) is 5.21. The van der Waals surface area contributed by atoms with E-state index in [1.54, 1.807) is 17.2 Å². The number of aliphatic hydroxyl groups is 1. The summed E-state index contributed by atoms with van der Waals surface area (Å²) in [5.41, 5.74) is -0.490. The van der Waals surface area contributed by atoms with E-state index in [4.69, 9.17) is 4.74 Å². The van der Waals surface area contributed by atoms with Crippen LogP contribution in [0.1, 0.15) is 54.4 Å². The lowest BCUT2D eigenvalue weighted by molar-refractivity contribution is -0.129. The van der Waals surface area contributed by atoms with Crippen LogP contribution in [-0.2, 0) is 9.53 Å². The fraction of sp³-hybridized carbons (Fsp3) is 0.778. The number of thiol groups is 1. The van der Waals surface area contributed by atoms with Gasteiger partial charge in [0.15, 0.2) is 0 Å². The molecule has 2 aliphatic heterocycles. The van der Waals surface area contributed by atoms with Crippen LogP contribution >= 0.6 is 12.6 Å². The van der Waals surface area contributed by atoms with E-state index >= 15 is 0 Å². The highest BCUT2D eigenvalue weighted by molar-refractivity contribution is 7.81. The Morgan fingerprint density at radius 2 is 2.08 bits per heavy atom. The highest BCUT2D eigenvalue weighted by atomic mass is 32.1. The summed E-state index contributed by atoms with van der Waals surface area (Å²) in [5.74, 6) is 0.252. The van der Waals surface area contributed by atoms with Crippen molar-refractivity contribution < 1.29 is 14.6 Å². The molecule has 0 aromatic carbocycles. The number of rotatable bonds is 3. The number of aliphatic imine (C=N–C) groups is 1. The Bertz CT molecular complexity index is 568. The molecule has 2 rings (SSSR count). The molecule has 7 heteroatoms. The number of amidine groups is 1. The summed E-state index contributed by atoms with van der Waals surface area (Å²) < 4.78 is 5.79. The Morgan fingerprint density at radius 1 is 1.44 bits per heavy atom.